The number of thiophene rings is 1. The fourth-order valence-corrected chi connectivity index (χ4v) is 1.76. The van der Waals surface area contributed by atoms with Gasteiger partial charge < -0.3 is 0 Å². The van der Waals surface area contributed by atoms with Gasteiger partial charge in [-0.25, -0.2) is 5.43 Å². The van der Waals surface area contributed by atoms with E-state index in [1.807, 2.05) is 17.5 Å². The summed E-state index contributed by atoms with van der Waals surface area (Å²) in [5.74, 6) is -0.271. The molecule has 0 aliphatic carbocycles. The molecular weight excluding hydrogens is 224 g/mol. The average molecular weight is 234 g/mol. The summed E-state index contributed by atoms with van der Waals surface area (Å²) < 4.78 is 1.50. The Balaban J connectivity index is 1.97. The zero-order valence-electron chi connectivity index (χ0n) is 8.62. The van der Waals surface area contributed by atoms with E-state index in [9.17, 15) is 4.79 Å². The minimum Gasteiger partial charge on any atom is -0.266 e. The molecule has 2 aromatic heterocycles. The van der Waals surface area contributed by atoms with Gasteiger partial charge in [0.15, 0.2) is 0 Å². The molecule has 0 spiro atoms. The van der Waals surface area contributed by atoms with Gasteiger partial charge in [-0.3, -0.25) is 9.48 Å². The number of hydrogen-bond donors (Lipinski definition) is 1. The number of nitrogens with zero attached hydrogens (tertiary/aromatic N) is 3. The maximum Gasteiger partial charge on any atom is 0.289 e. The van der Waals surface area contributed by atoms with E-state index in [-0.39, 0.29) is 5.91 Å². The average Bonchev–Trinajstić information content (AvgIpc) is 2.88. The molecule has 1 amide bonds. The monoisotopic (exact) mass is 234 g/mol. The van der Waals surface area contributed by atoms with E-state index in [1.165, 1.54) is 4.68 Å². The Morgan fingerprint density at radius 3 is 3.12 bits per heavy atom. The fourth-order valence-electron chi connectivity index (χ4n) is 1.17. The van der Waals surface area contributed by atoms with Gasteiger partial charge in [0.05, 0.1) is 6.21 Å². The zero-order valence-corrected chi connectivity index (χ0v) is 9.44. The van der Waals surface area contributed by atoms with Crippen LogP contribution in [-0.2, 0) is 7.05 Å². The van der Waals surface area contributed by atoms with Crippen LogP contribution in [0.3, 0.4) is 0 Å². The minimum absolute atomic E-state index is 0.271. The molecule has 0 unspecified atom stereocenters. The fraction of sp³-hybridized carbons (Fsp3) is 0.100. The number of amides is 1. The first-order chi connectivity index (χ1) is 7.77. The van der Waals surface area contributed by atoms with Crippen LogP contribution in [0.2, 0.25) is 0 Å². The highest BCUT2D eigenvalue weighted by Gasteiger charge is 2.07. The Labute approximate surface area is 96.4 Å². The molecule has 2 aromatic rings. The Morgan fingerprint density at radius 1 is 1.62 bits per heavy atom. The van der Waals surface area contributed by atoms with Crippen molar-refractivity contribution in [2.24, 2.45) is 12.1 Å². The van der Waals surface area contributed by atoms with Crippen molar-refractivity contribution in [2.45, 2.75) is 0 Å². The van der Waals surface area contributed by atoms with Crippen LogP contribution >= 0.6 is 11.3 Å². The third-order valence-corrected chi connectivity index (χ3v) is 2.76. The summed E-state index contributed by atoms with van der Waals surface area (Å²) in [5.41, 5.74) is 2.92. The number of carbonyl (C=O) groups excluding carboxylic acids is 1. The normalized spacial score (nSPS) is 10.8. The van der Waals surface area contributed by atoms with Crippen LogP contribution in [-0.4, -0.2) is 21.9 Å². The Kier molecular flexibility index (Phi) is 3.11. The Morgan fingerprint density at radius 2 is 2.50 bits per heavy atom. The molecule has 16 heavy (non-hydrogen) atoms. The number of rotatable bonds is 3. The first-order valence-corrected chi connectivity index (χ1v) is 5.50. The van der Waals surface area contributed by atoms with Gasteiger partial charge >= 0.3 is 0 Å². The lowest BCUT2D eigenvalue weighted by atomic mass is 10.4. The summed E-state index contributed by atoms with van der Waals surface area (Å²) in [5, 5.41) is 9.71. The van der Waals surface area contributed by atoms with Crippen molar-refractivity contribution in [3.05, 3.63) is 40.3 Å². The van der Waals surface area contributed by atoms with Crippen LogP contribution in [0.25, 0.3) is 0 Å². The summed E-state index contributed by atoms with van der Waals surface area (Å²) in [6.07, 6.45) is 3.18. The van der Waals surface area contributed by atoms with E-state index in [4.69, 9.17) is 0 Å². The Hall–Kier alpha value is -1.95. The summed E-state index contributed by atoms with van der Waals surface area (Å²) in [4.78, 5) is 12.6. The number of hydrogen-bond acceptors (Lipinski definition) is 4. The number of aromatic nitrogens is 2. The molecule has 6 heteroatoms. The third kappa shape index (κ3) is 2.34. The molecule has 0 saturated carbocycles. The van der Waals surface area contributed by atoms with E-state index in [2.05, 4.69) is 15.6 Å². The Bertz CT molecular complexity index is 501. The van der Waals surface area contributed by atoms with Crippen LogP contribution in [0.15, 0.2) is 34.9 Å². The van der Waals surface area contributed by atoms with Crippen molar-refractivity contribution in [3.63, 3.8) is 0 Å². The number of carbonyl (C=O) groups is 1. The molecule has 0 aliphatic heterocycles. The zero-order chi connectivity index (χ0) is 11.4. The van der Waals surface area contributed by atoms with Crippen LogP contribution in [0.1, 0.15) is 15.4 Å². The molecule has 0 atom stereocenters. The van der Waals surface area contributed by atoms with E-state index >= 15 is 0 Å². The SMILES string of the molecule is Cn1nccc1C(=O)NN=Cc1cccs1. The van der Waals surface area contributed by atoms with Crippen LogP contribution in [0.4, 0.5) is 0 Å². The quantitative estimate of drug-likeness (QED) is 0.641. The van der Waals surface area contributed by atoms with Crippen molar-refractivity contribution in [1.29, 1.82) is 0 Å². The van der Waals surface area contributed by atoms with Crippen molar-refractivity contribution < 1.29 is 4.79 Å². The van der Waals surface area contributed by atoms with Gasteiger partial charge in [0.1, 0.15) is 5.69 Å². The molecule has 0 aliphatic rings. The maximum absolute atomic E-state index is 11.6. The van der Waals surface area contributed by atoms with Gasteiger partial charge in [-0.2, -0.15) is 10.2 Å². The highest BCUT2D eigenvalue weighted by Crippen LogP contribution is 2.04. The smallest absolute Gasteiger partial charge is 0.266 e. The molecule has 2 heterocycles. The second kappa shape index (κ2) is 4.71. The van der Waals surface area contributed by atoms with E-state index < -0.39 is 0 Å². The molecule has 2 rings (SSSR count). The summed E-state index contributed by atoms with van der Waals surface area (Å²) in [6.45, 7) is 0. The molecule has 5 nitrogen and oxygen atoms in total. The van der Waals surface area contributed by atoms with Crippen LogP contribution in [0.5, 0.6) is 0 Å². The summed E-state index contributed by atoms with van der Waals surface area (Å²) in [7, 11) is 1.71. The van der Waals surface area contributed by atoms with Gasteiger partial charge in [-0.1, -0.05) is 6.07 Å². The van der Waals surface area contributed by atoms with E-state index in [1.54, 1.807) is 36.9 Å². The first-order valence-electron chi connectivity index (χ1n) is 4.62. The van der Waals surface area contributed by atoms with Gasteiger partial charge in [0.25, 0.3) is 5.91 Å². The van der Waals surface area contributed by atoms with Crippen LogP contribution < -0.4 is 5.43 Å². The van der Waals surface area contributed by atoms with Gasteiger partial charge in [-0.05, 0) is 17.5 Å². The topological polar surface area (TPSA) is 59.3 Å². The highest BCUT2D eigenvalue weighted by molar-refractivity contribution is 7.11. The highest BCUT2D eigenvalue weighted by atomic mass is 32.1. The van der Waals surface area contributed by atoms with Gasteiger partial charge in [0.2, 0.25) is 0 Å². The third-order valence-electron chi connectivity index (χ3n) is 1.95. The summed E-state index contributed by atoms with van der Waals surface area (Å²) >= 11 is 1.56. The number of aryl methyl sites for hydroxylation is 1. The number of hydrazone groups is 1. The lowest BCUT2D eigenvalue weighted by molar-refractivity contribution is 0.0946. The predicted octanol–water partition coefficient (Wildman–Crippen LogP) is 1.25. The van der Waals surface area contributed by atoms with Crippen LogP contribution in [0, 0.1) is 0 Å². The second-order valence-corrected chi connectivity index (χ2v) is 4.03. The van der Waals surface area contributed by atoms with Gasteiger partial charge in [-0.15, -0.1) is 11.3 Å². The van der Waals surface area contributed by atoms with Crippen molar-refractivity contribution >= 4 is 23.5 Å². The van der Waals surface area contributed by atoms with Gasteiger partial charge in [0, 0.05) is 18.1 Å². The molecule has 0 aromatic carbocycles. The molecule has 82 valence electrons. The lowest BCUT2D eigenvalue weighted by Gasteiger charge is -1.98. The maximum atomic E-state index is 11.6. The molecular formula is C10H10N4OS. The van der Waals surface area contributed by atoms with E-state index in [0.717, 1.165) is 4.88 Å². The standard InChI is InChI=1S/C10H10N4OS/c1-14-9(4-5-12-14)10(15)13-11-7-8-3-2-6-16-8/h2-7H,1H3,(H,13,15). The molecule has 0 radical (unpaired) electrons. The molecule has 1 N–H and O–H groups in total. The molecule has 0 fully saturated rings. The van der Waals surface area contributed by atoms with Crippen molar-refractivity contribution in [2.75, 3.05) is 0 Å². The first kappa shape index (κ1) is 10.6. The predicted molar refractivity (Wildman–Crippen MR) is 62.6 cm³/mol. The molecule has 0 saturated heterocycles. The lowest BCUT2D eigenvalue weighted by Crippen LogP contribution is -2.20. The largest absolute Gasteiger partial charge is 0.289 e. The minimum atomic E-state index is -0.271. The molecule has 0 bridgehead atoms. The van der Waals surface area contributed by atoms with E-state index in [0.29, 0.717) is 5.69 Å². The summed E-state index contributed by atoms with van der Waals surface area (Å²) in [6, 6.07) is 5.48. The van der Waals surface area contributed by atoms with Crippen molar-refractivity contribution in [1.82, 2.24) is 15.2 Å². The second-order valence-electron chi connectivity index (χ2n) is 3.05. The number of nitrogens with one attached hydrogen (secondary N) is 1. The van der Waals surface area contributed by atoms with Crippen molar-refractivity contribution in [3.8, 4) is 0 Å².